The molecule has 0 N–H and O–H groups in total. The molecule has 0 aromatic heterocycles. The summed E-state index contributed by atoms with van der Waals surface area (Å²) in [4.78, 5) is 14.8. The minimum atomic E-state index is -2.99. The average molecular weight is 377 g/mol. The summed E-state index contributed by atoms with van der Waals surface area (Å²) < 4.78 is 40.6. The largest absolute Gasteiger partial charge is 0.497 e. The predicted octanol–water partition coefficient (Wildman–Crippen LogP) is 4.28. The van der Waals surface area contributed by atoms with Crippen molar-refractivity contribution in [1.29, 1.82) is 0 Å². The van der Waals surface area contributed by atoms with Gasteiger partial charge in [0.2, 0.25) is 0 Å². The second-order valence-electron chi connectivity index (χ2n) is 6.14. The van der Waals surface area contributed by atoms with Crippen LogP contribution in [0.5, 0.6) is 17.2 Å². The van der Waals surface area contributed by atoms with E-state index in [1.807, 2.05) is 6.07 Å². The zero-order valence-electron chi connectivity index (χ0n) is 15.2. The van der Waals surface area contributed by atoms with E-state index in [9.17, 15) is 13.6 Å². The van der Waals surface area contributed by atoms with Gasteiger partial charge < -0.3 is 19.1 Å². The van der Waals surface area contributed by atoms with Crippen molar-refractivity contribution < 1.29 is 27.8 Å². The second kappa shape index (κ2) is 8.24. The van der Waals surface area contributed by atoms with E-state index in [-0.39, 0.29) is 23.3 Å². The Bertz CT molecular complexity index is 812. The van der Waals surface area contributed by atoms with Crippen molar-refractivity contribution in [2.75, 3.05) is 20.8 Å². The summed E-state index contributed by atoms with van der Waals surface area (Å²) >= 11 is 0. The molecule has 1 saturated heterocycles. The first kappa shape index (κ1) is 18.9. The predicted molar refractivity (Wildman–Crippen MR) is 95.6 cm³/mol. The van der Waals surface area contributed by atoms with E-state index in [0.29, 0.717) is 18.0 Å². The van der Waals surface area contributed by atoms with Gasteiger partial charge in [-0.05, 0) is 43.2 Å². The fourth-order valence-corrected chi connectivity index (χ4v) is 3.43. The number of likely N-dealkylation sites (tertiary alicyclic amines) is 1. The number of hydrogen-bond donors (Lipinski definition) is 0. The van der Waals surface area contributed by atoms with Gasteiger partial charge in [-0.3, -0.25) is 4.79 Å². The van der Waals surface area contributed by atoms with Gasteiger partial charge in [-0.2, -0.15) is 8.78 Å². The molecule has 1 fully saturated rings. The van der Waals surface area contributed by atoms with Crippen LogP contribution in [-0.2, 0) is 0 Å². The Morgan fingerprint density at radius 2 is 1.89 bits per heavy atom. The molecule has 0 radical (unpaired) electrons. The van der Waals surface area contributed by atoms with Crippen molar-refractivity contribution >= 4 is 5.91 Å². The van der Waals surface area contributed by atoms with Gasteiger partial charge in [-0.15, -0.1) is 0 Å². The highest BCUT2D eigenvalue weighted by Crippen LogP contribution is 2.40. The van der Waals surface area contributed by atoms with Crippen LogP contribution in [0.1, 0.15) is 34.8 Å². The van der Waals surface area contributed by atoms with Crippen molar-refractivity contribution in [3.8, 4) is 17.2 Å². The molecule has 5 nitrogen and oxygen atoms in total. The Balaban J connectivity index is 1.95. The van der Waals surface area contributed by atoms with E-state index >= 15 is 0 Å². The van der Waals surface area contributed by atoms with Gasteiger partial charge in [-0.25, -0.2) is 0 Å². The maximum absolute atomic E-state index is 13.1. The first-order valence-corrected chi connectivity index (χ1v) is 8.62. The Kier molecular flexibility index (Phi) is 5.78. The number of benzene rings is 2. The van der Waals surface area contributed by atoms with E-state index in [0.717, 1.165) is 18.4 Å². The molecule has 2 aromatic rings. The summed E-state index contributed by atoms with van der Waals surface area (Å²) in [7, 11) is 3.14. The topological polar surface area (TPSA) is 48.0 Å². The molecule has 1 aliphatic heterocycles. The molecule has 0 saturated carbocycles. The van der Waals surface area contributed by atoms with E-state index in [2.05, 4.69) is 4.74 Å². The van der Waals surface area contributed by atoms with Crippen LogP contribution < -0.4 is 14.2 Å². The zero-order chi connectivity index (χ0) is 19.4. The van der Waals surface area contributed by atoms with Gasteiger partial charge in [0.05, 0.1) is 25.8 Å². The Morgan fingerprint density at radius 3 is 2.59 bits per heavy atom. The molecule has 144 valence electrons. The molecular formula is C20H21F2NO4. The summed E-state index contributed by atoms with van der Waals surface area (Å²) in [6, 6.07) is 11.2. The highest BCUT2D eigenvalue weighted by molar-refractivity contribution is 5.97. The molecule has 0 unspecified atom stereocenters. The molecule has 7 heteroatoms. The molecule has 27 heavy (non-hydrogen) atoms. The third-order valence-electron chi connectivity index (χ3n) is 4.64. The molecule has 0 spiro atoms. The average Bonchev–Trinajstić information content (AvgIpc) is 3.16. The standard InChI is InChI=1S/C20H21F2NO4/c1-25-13-9-10-17(26-2)15(12-13)16-7-5-11-23(16)19(24)14-6-3-4-8-18(14)27-20(21)22/h3-4,6,8-10,12,16,20H,5,7,11H2,1-2H3/t16-/m0/s1. The quantitative estimate of drug-likeness (QED) is 0.754. The molecular weight excluding hydrogens is 356 g/mol. The summed E-state index contributed by atoms with van der Waals surface area (Å²) in [6.45, 7) is -2.47. The number of alkyl halides is 2. The first-order valence-electron chi connectivity index (χ1n) is 8.62. The van der Waals surface area contributed by atoms with Gasteiger partial charge in [0.15, 0.2) is 0 Å². The van der Waals surface area contributed by atoms with Crippen molar-refractivity contribution in [1.82, 2.24) is 4.90 Å². The van der Waals surface area contributed by atoms with Gasteiger partial charge in [-0.1, -0.05) is 12.1 Å². The monoisotopic (exact) mass is 377 g/mol. The minimum Gasteiger partial charge on any atom is -0.497 e. The van der Waals surface area contributed by atoms with Crippen LogP contribution in [0.25, 0.3) is 0 Å². The molecule has 1 atom stereocenters. The number of methoxy groups -OCH3 is 2. The summed E-state index contributed by atoms with van der Waals surface area (Å²) in [5.41, 5.74) is 0.946. The number of carbonyl (C=O) groups is 1. The van der Waals surface area contributed by atoms with Crippen LogP contribution in [0.3, 0.4) is 0 Å². The Labute approximate surface area is 156 Å². The van der Waals surface area contributed by atoms with Crippen LogP contribution in [0.2, 0.25) is 0 Å². The fourth-order valence-electron chi connectivity index (χ4n) is 3.43. The minimum absolute atomic E-state index is 0.117. The number of rotatable bonds is 6. The van der Waals surface area contributed by atoms with Crippen molar-refractivity contribution in [2.24, 2.45) is 0 Å². The molecule has 0 bridgehead atoms. The number of ether oxygens (including phenoxy) is 3. The summed E-state index contributed by atoms with van der Waals surface area (Å²) in [5.74, 6) is 0.837. The Morgan fingerprint density at radius 1 is 1.11 bits per heavy atom. The van der Waals surface area contributed by atoms with Crippen LogP contribution in [0, 0.1) is 0 Å². The van der Waals surface area contributed by atoms with Crippen LogP contribution >= 0.6 is 0 Å². The number of nitrogens with zero attached hydrogens (tertiary/aromatic N) is 1. The molecule has 3 rings (SSSR count). The lowest BCUT2D eigenvalue weighted by molar-refractivity contribution is -0.0502. The molecule has 2 aromatic carbocycles. The number of halogens is 2. The molecule has 1 aliphatic rings. The van der Waals surface area contributed by atoms with Crippen LogP contribution in [-0.4, -0.2) is 38.2 Å². The van der Waals surface area contributed by atoms with Gasteiger partial charge >= 0.3 is 6.61 Å². The van der Waals surface area contributed by atoms with Gasteiger partial charge in [0, 0.05) is 12.1 Å². The Hall–Kier alpha value is -2.83. The van der Waals surface area contributed by atoms with Crippen molar-refractivity contribution in [3.63, 3.8) is 0 Å². The van der Waals surface area contributed by atoms with E-state index in [4.69, 9.17) is 9.47 Å². The zero-order valence-corrected chi connectivity index (χ0v) is 15.2. The number of para-hydroxylation sites is 1. The van der Waals surface area contributed by atoms with Crippen molar-refractivity contribution in [2.45, 2.75) is 25.5 Å². The lowest BCUT2D eigenvalue weighted by Crippen LogP contribution is -2.31. The highest BCUT2D eigenvalue weighted by atomic mass is 19.3. The number of hydrogen-bond acceptors (Lipinski definition) is 4. The lowest BCUT2D eigenvalue weighted by atomic mass is 10.0. The third-order valence-corrected chi connectivity index (χ3v) is 4.64. The maximum Gasteiger partial charge on any atom is 0.387 e. The molecule has 1 amide bonds. The normalized spacial score (nSPS) is 16.5. The summed E-state index contributed by atoms with van der Waals surface area (Å²) in [6.07, 6.45) is 1.54. The maximum atomic E-state index is 13.1. The fraction of sp³-hybridized carbons (Fsp3) is 0.350. The molecule has 0 aliphatic carbocycles. The van der Waals surface area contributed by atoms with Crippen LogP contribution in [0.15, 0.2) is 42.5 Å². The van der Waals surface area contributed by atoms with Crippen LogP contribution in [0.4, 0.5) is 8.78 Å². The SMILES string of the molecule is COc1ccc(OC)c([C@@H]2CCCN2C(=O)c2ccccc2OC(F)F)c1. The number of amides is 1. The van der Waals surface area contributed by atoms with E-state index in [1.54, 1.807) is 43.4 Å². The third kappa shape index (κ3) is 3.97. The summed E-state index contributed by atoms with van der Waals surface area (Å²) in [5, 5.41) is 0. The van der Waals surface area contributed by atoms with Gasteiger partial charge in [0.1, 0.15) is 17.2 Å². The molecule has 1 heterocycles. The van der Waals surface area contributed by atoms with E-state index < -0.39 is 6.61 Å². The number of carbonyl (C=O) groups excluding carboxylic acids is 1. The van der Waals surface area contributed by atoms with Gasteiger partial charge in [0.25, 0.3) is 5.91 Å². The van der Waals surface area contributed by atoms with Crippen molar-refractivity contribution in [3.05, 3.63) is 53.6 Å². The first-order chi connectivity index (χ1) is 13.0. The second-order valence-corrected chi connectivity index (χ2v) is 6.14. The van der Waals surface area contributed by atoms with E-state index in [1.165, 1.54) is 12.1 Å². The highest BCUT2D eigenvalue weighted by Gasteiger charge is 2.34. The lowest BCUT2D eigenvalue weighted by Gasteiger charge is -2.27. The smallest absolute Gasteiger partial charge is 0.387 e.